The summed E-state index contributed by atoms with van der Waals surface area (Å²) in [6.45, 7) is 0.146. The van der Waals surface area contributed by atoms with E-state index >= 15 is 0 Å². The first kappa shape index (κ1) is 32.1. The Kier molecular flexibility index (Phi) is 8.84. The molecule has 3 amide bonds. The first-order valence-corrected chi connectivity index (χ1v) is 18.5. The Morgan fingerprint density at radius 2 is 1.77 bits per heavy atom. The lowest BCUT2D eigenvalue weighted by Crippen LogP contribution is -2.57. The maximum absolute atomic E-state index is 14.4. The normalized spacial score (nSPS) is 28.0. The number of hydrogen-bond donors (Lipinski definition) is 3. The number of aromatic nitrogens is 1. The van der Waals surface area contributed by atoms with Crippen molar-refractivity contribution in [1.29, 1.82) is 0 Å². The molecule has 3 fully saturated rings. The quantitative estimate of drug-likeness (QED) is 0.319. The molecule has 2 aromatic carbocycles. The van der Waals surface area contributed by atoms with E-state index in [1.165, 1.54) is 0 Å². The maximum Gasteiger partial charge on any atom is 0.259 e. The number of sulfonamides is 1. The molecule has 0 bridgehead atoms. The fourth-order valence-corrected chi connectivity index (χ4v) is 8.29. The van der Waals surface area contributed by atoms with Crippen molar-refractivity contribution in [2.24, 2.45) is 5.92 Å². The van der Waals surface area contributed by atoms with Gasteiger partial charge in [-0.3, -0.25) is 19.1 Å². The maximum atomic E-state index is 14.4. The van der Waals surface area contributed by atoms with Gasteiger partial charge < -0.3 is 20.3 Å². The Hall–Kier alpha value is -4.45. The van der Waals surface area contributed by atoms with E-state index in [1.54, 1.807) is 11.1 Å². The number of allylic oxidation sites excluding steroid dienone is 1. The second-order valence-electron chi connectivity index (χ2n) is 13.4. The lowest BCUT2D eigenvalue weighted by atomic mass is 10.0. The number of rotatable bonds is 7. The number of benzene rings is 2. The Balaban J connectivity index is 1.19. The number of fused-ring (bicyclic) bond motifs is 3. The van der Waals surface area contributed by atoms with E-state index in [0.717, 1.165) is 42.1 Å². The smallest absolute Gasteiger partial charge is 0.259 e. The summed E-state index contributed by atoms with van der Waals surface area (Å²) in [6.07, 6.45) is 10.5. The van der Waals surface area contributed by atoms with E-state index in [4.69, 9.17) is 4.74 Å². The molecular weight excluding hydrogens is 630 g/mol. The lowest BCUT2D eigenvalue weighted by molar-refractivity contribution is -0.140. The predicted molar refractivity (Wildman–Crippen MR) is 181 cm³/mol. The molecule has 2 saturated carbocycles. The average molecular weight is 672 g/mol. The number of para-hydroxylation sites is 1. The van der Waals surface area contributed by atoms with Gasteiger partial charge in [0.2, 0.25) is 27.7 Å². The molecule has 252 valence electrons. The van der Waals surface area contributed by atoms with E-state index in [0.29, 0.717) is 25.1 Å². The lowest BCUT2D eigenvalue weighted by Gasteiger charge is -2.30. The monoisotopic (exact) mass is 671 g/mol. The van der Waals surface area contributed by atoms with Crippen molar-refractivity contribution in [1.82, 2.24) is 19.9 Å². The van der Waals surface area contributed by atoms with Crippen LogP contribution in [0.2, 0.25) is 0 Å². The van der Waals surface area contributed by atoms with Gasteiger partial charge in [0.25, 0.3) is 5.91 Å². The molecule has 0 radical (unpaired) electrons. The van der Waals surface area contributed by atoms with Gasteiger partial charge in [-0.1, -0.05) is 61.4 Å². The van der Waals surface area contributed by atoms with Crippen LogP contribution >= 0.6 is 0 Å². The van der Waals surface area contributed by atoms with Crippen LogP contribution in [0.5, 0.6) is 5.88 Å². The number of carbonyl (C=O) groups excluding carboxylic acids is 3. The topological polar surface area (TPSA) is 147 Å². The van der Waals surface area contributed by atoms with Crippen molar-refractivity contribution < 1.29 is 27.5 Å². The van der Waals surface area contributed by atoms with E-state index in [1.807, 2.05) is 72.8 Å². The van der Waals surface area contributed by atoms with Gasteiger partial charge in [-0.15, -0.1) is 0 Å². The molecule has 3 heterocycles. The largest absolute Gasteiger partial charge is 0.472 e. The minimum atomic E-state index is -3.83. The number of pyridine rings is 1. The van der Waals surface area contributed by atoms with Gasteiger partial charge in [0.05, 0.1) is 11.8 Å². The molecule has 3 N–H and O–H groups in total. The second-order valence-corrected chi connectivity index (χ2v) is 15.4. The van der Waals surface area contributed by atoms with E-state index in [9.17, 15) is 22.8 Å². The zero-order chi connectivity index (χ0) is 33.3. The third-order valence-electron chi connectivity index (χ3n) is 9.87. The highest BCUT2D eigenvalue weighted by molar-refractivity contribution is 7.91. The Labute approximate surface area is 280 Å². The number of amides is 3. The summed E-state index contributed by atoms with van der Waals surface area (Å²) in [6, 6.07) is 17.6. The molecule has 0 spiro atoms. The Morgan fingerprint density at radius 1 is 0.979 bits per heavy atom. The van der Waals surface area contributed by atoms with Crippen molar-refractivity contribution in [3.63, 3.8) is 0 Å². The first-order valence-electron chi connectivity index (χ1n) is 16.9. The van der Waals surface area contributed by atoms with Gasteiger partial charge in [-0.05, 0) is 68.2 Å². The van der Waals surface area contributed by atoms with Gasteiger partial charge in [0.15, 0.2) is 0 Å². The van der Waals surface area contributed by atoms with Gasteiger partial charge in [-0.25, -0.2) is 13.4 Å². The molecule has 2 aliphatic heterocycles. The van der Waals surface area contributed by atoms with Crippen molar-refractivity contribution in [3.05, 3.63) is 79.0 Å². The Bertz CT molecular complexity index is 1830. The summed E-state index contributed by atoms with van der Waals surface area (Å²) in [5, 5.41) is 7.54. The summed E-state index contributed by atoms with van der Waals surface area (Å²) in [5.41, 5.74) is -0.611. The zero-order valence-electron chi connectivity index (χ0n) is 26.7. The van der Waals surface area contributed by atoms with Gasteiger partial charge in [0.1, 0.15) is 23.7 Å². The van der Waals surface area contributed by atoms with E-state index < -0.39 is 50.8 Å². The molecule has 12 heteroatoms. The van der Waals surface area contributed by atoms with Crippen LogP contribution in [0.15, 0.2) is 79.0 Å². The molecule has 48 heavy (non-hydrogen) atoms. The van der Waals surface area contributed by atoms with Crippen molar-refractivity contribution in [2.45, 2.75) is 86.8 Å². The SMILES string of the molecule is O=C1N[C@]2(C(=O)NS(=O)(=O)C3CC3)C[C@H]2C=CCCCCC[C@H](Nc2ccccc2)C(=O)N2C[C@H](Oc3nccc4ccccc34)C[C@@H]12. The molecule has 1 aromatic heterocycles. The summed E-state index contributed by atoms with van der Waals surface area (Å²) in [4.78, 5) is 48.4. The van der Waals surface area contributed by atoms with Crippen molar-refractivity contribution in [2.75, 3.05) is 11.9 Å². The van der Waals surface area contributed by atoms with Crippen LogP contribution in [0, 0.1) is 5.92 Å². The van der Waals surface area contributed by atoms with Crippen LogP contribution in [0.25, 0.3) is 10.8 Å². The van der Waals surface area contributed by atoms with Crippen LogP contribution in [0.4, 0.5) is 5.69 Å². The van der Waals surface area contributed by atoms with E-state index in [-0.39, 0.29) is 31.2 Å². The number of ether oxygens (including phenoxy) is 1. The molecule has 2 aliphatic carbocycles. The van der Waals surface area contributed by atoms with Crippen LogP contribution in [0.1, 0.15) is 57.8 Å². The number of carbonyl (C=O) groups is 3. The standard InChI is InChI=1S/C36H41N5O6S/c42-32-31-21-27(47-33-29-15-10-9-11-24(29)19-20-37-33)23-41(31)34(43)30(38-26-13-6-4-7-14-26)16-8-3-1-2-5-12-25-22-36(25,39-32)35(44)40-48(45,46)28-17-18-28/h4-7,9-15,19-20,25,27-28,30-31,38H,1-3,8,16-18,21-23H2,(H,39,42)(H,40,44)/t25-,27-,30+,31+,36-/m1/s1. The highest BCUT2D eigenvalue weighted by atomic mass is 32.2. The third-order valence-corrected chi connectivity index (χ3v) is 11.7. The molecule has 3 aromatic rings. The summed E-state index contributed by atoms with van der Waals surface area (Å²) in [5.74, 6) is -1.41. The fraction of sp³-hybridized carbons (Fsp3) is 0.444. The van der Waals surface area contributed by atoms with Crippen LogP contribution < -0.4 is 20.1 Å². The minimum absolute atomic E-state index is 0.146. The van der Waals surface area contributed by atoms with Crippen LogP contribution in [-0.2, 0) is 24.4 Å². The number of hydrogen-bond acceptors (Lipinski definition) is 8. The molecule has 7 rings (SSSR count). The zero-order valence-corrected chi connectivity index (χ0v) is 27.5. The summed E-state index contributed by atoms with van der Waals surface area (Å²) < 4.78 is 34.2. The van der Waals surface area contributed by atoms with Crippen molar-refractivity contribution >= 4 is 44.2 Å². The summed E-state index contributed by atoms with van der Waals surface area (Å²) in [7, 11) is -3.83. The fourth-order valence-electron chi connectivity index (χ4n) is 6.93. The van der Waals surface area contributed by atoms with Crippen LogP contribution in [-0.4, -0.2) is 71.5 Å². The van der Waals surface area contributed by atoms with Gasteiger partial charge in [-0.2, -0.15) is 0 Å². The molecule has 11 nitrogen and oxygen atoms in total. The molecular formula is C36H41N5O6S. The highest BCUT2D eigenvalue weighted by Gasteiger charge is 2.62. The molecule has 1 saturated heterocycles. The molecule has 0 unspecified atom stereocenters. The second kappa shape index (κ2) is 13.2. The molecule has 4 aliphatic rings. The first-order chi connectivity index (χ1) is 23.2. The highest BCUT2D eigenvalue weighted by Crippen LogP contribution is 2.46. The van der Waals surface area contributed by atoms with Gasteiger partial charge >= 0.3 is 0 Å². The summed E-state index contributed by atoms with van der Waals surface area (Å²) >= 11 is 0. The number of nitrogens with zero attached hydrogens (tertiary/aromatic N) is 2. The number of nitrogens with one attached hydrogen (secondary N) is 3. The number of anilines is 1. The minimum Gasteiger partial charge on any atom is -0.472 e. The van der Waals surface area contributed by atoms with Crippen molar-refractivity contribution in [3.8, 4) is 5.88 Å². The van der Waals surface area contributed by atoms with Gasteiger partial charge in [0, 0.05) is 29.6 Å². The molecule has 5 atom stereocenters. The predicted octanol–water partition coefficient (Wildman–Crippen LogP) is 4.07. The third kappa shape index (κ3) is 6.76. The Morgan fingerprint density at radius 3 is 2.58 bits per heavy atom. The average Bonchev–Trinajstić information content (AvgIpc) is 4.01. The van der Waals surface area contributed by atoms with E-state index in [2.05, 4.69) is 20.3 Å². The van der Waals surface area contributed by atoms with Crippen LogP contribution in [0.3, 0.4) is 0 Å².